The number of amides is 3. The maximum atomic E-state index is 12.4. The maximum Gasteiger partial charge on any atom is 0.312 e. The predicted octanol–water partition coefficient (Wildman–Crippen LogP) is 1.61. The van der Waals surface area contributed by atoms with Crippen molar-refractivity contribution in [1.29, 1.82) is 0 Å². The Kier molecular flexibility index (Phi) is 5.91. The summed E-state index contributed by atoms with van der Waals surface area (Å²) in [4.78, 5) is 40.0. The zero-order valence-corrected chi connectivity index (χ0v) is 15.4. The Morgan fingerprint density at radius 3 is 2.42 bits per heavy atom. The molecule has 1 aromatic carbocycles. The lowest BCUT2D eigenvalue weighted by atomic mass is 9.95. The van der Waals surface area contributed by atoms with Gasteiger partial charge in [-0.1, -0.05) is 43.5 Å². The summed E-state index contributed by atoms with van der Waals surface area (Å²) in [6.45, 7) is 3.25. The van der Waals surface area contributed by atoms with Crippen molar-refractivity contribution in [3.05, 3.63) is 35.4 Å². The number of benzene rings is 1. The highest BCUT2D eigenvalue weighted by Gasteiger charge is 2.33. The number of carbonyl (C=O) groups excluding carboxylic acids is 3. The van der Waals surface area contributed by atoms with Crippen molar-refractivity contribution in [2.45, 2.75) is 51.6 Å². The fraction of sp³-hybridized carbons (Fsp3) is 0.550. The summed E-state index contributed by atoms with van der Waals surface area (Å²) in [5.41, 5.74) is 2.14. The SMILES string of the molecule is Cc1ccccc1CN1CCN(CC(=O)NC2CCCCC2)C(=O)C1=O. The summed E-state index contributed by atoms with van der Waals surface area (Å²) in [5, 5.41) is 3.00. The lowest BCUT2D eigenvalue weighted by molar-refractivity contribution is -0.157. The summed E-state index contributed by atoms with van der Waals surface area (Å²) < 4.78 is 0. The van der Waals surface area contributed by atoms with Gasteiger partial charge in [-0.15, -0.1) is 0 Å². The molecule has 0 unspecified atom stereocenters. The third kappa shape index (κ3) is 4.42. The zero-order valence-electron chi connectivity index (χ0n) is 15.4. The highest BCUT2D eigenvalue weighted by molar-refractivity contribution is 6.35. The van der Waals surface area contributed by atoms with Gasteiger partial charge < -0.3 is 15.1 Å². The van der Waals surface area contributed by atoms with E-state index in [-0.39, 0.29) is 18.5 Å². The van der Waals surface area contributed by atoms with Crippen molar-refractivity contribution in [1.82, 2.24) is 15.1 Å². The van der Waals surface area contributed by atoms with Gasteiger partial charge in [-0.3, -0.25) is 14.4 Å². The summed E-state index contributed by atoms with van der Waals surface area (Å²) in [5.74, 6) is -1.26. The molecule has 1 heterocycles. The minimum absolute atomic E-state index is 0.0285. The molecule has 6 nitrogen and oxygen atoms in total. The molecule has 1 aromatic rings. The Hall–Kier alpha value is -2.37. The summed E-state index contributed by atoms with van der Waals surface area (Å²) in [6, 6.07) is 8.06. The minimum Gasteiger partial charge on any atom is -0.352 e. The van der Waals surface area contributed by atoms with E-state index in [2.05, 4.69) is 5.32 Å². The molecule has 0 aromatic heterocycles. The maximum absolute atomic E-state index is 12.4. The van der Waals surface area contributed by atoms with E-state index >= 15 is 0 Å². The van der Waals surface area contributed by atoms with E-state index in [4.69, 9.17) is 0 Å². The average Bonchev–Trinajstić information content (AvgIpc) is 2.64. The standard InChI is InChI=1S/C20H27N3O3/c1-15-7-5-6-8-16(15)13-22-11-12-23(20(26)19(22)25)14-18(24)21-17-9-3-2-4-10-17/h5-8,17H,2-4,9-14H2,1H3,(H,21,24). The van der Waals surface area contributed by atoms with Crippen molar-refractivity contribution in [2.24, 2.45) is 0 Å². The molecular formula is C20H27N3O3. The topological polar surface area (TPSA) is 69.7 Å². The predicted molar refractivity (Wildman–Crippen MR) is 98.2 cm³/mol. The number of nitrogens with zero attached hydrogens (tertiary/aromatic N) is 2. The Morgan fingerprint density at radius 2 is 1.69 bits per heavy atom. The van der Waals surface area contributed by atoms with Crippen LogP contribution in [-0.2, 0) is 20.9 Å². The van der Waals surface area contributed by atoms with Gasteiger partial charge >= 0.3 is 11.8 Å². The summed E-state index contributed by atoms with van der Waals surface area (Å²) in [6.07, 6.45) is 5.51. The molecule has 0 bridgehead atoms. The first-order chi connectivity index (χ1) is 12.5. The number of carbonyl (C=O) groups is 3. The molecule has 2 fully saturated rings. The number of hydrogen-bond donors (Lipinski definition) is 1. The second-order valence-electron chi connectivity index (χ2n) is 7.28. The second kappa shape index (κ2) is 8.34. The molecule has 1 saturated carbocycles. The van der Waals surface area contributed by atoms with E-state index in [1.807, 2.05) is 31.2 Å². The monoisotopic (exact) mass is 357 g/mol. The van der Waals surface area contributed by atoms with Crippen LogP contribution < -0.4 is 5.32 Å². The van der Waals surface area contributed by atoms with Gasteiger partial charge in [0.15, 0.2) is 0 Å². The van der Waals surface area contributed by atoms with Crippen LogP contribution in [-0.4, -0.2) is 53.2 Å². The Bertz CT molecular complexity index is 683. The molecule has 1 saturated heterocycles. The van der Waals surface area contributed by atoms with Crippen LogP contribution in [0, 0.1) is 6.92 Å². The van der Waals surface area contributed by atoms with Gasteiger partial charge in [0, 0.05) is 25.7 Å². The minimum atomic E-state index is -0.580. The van der Waals surface area contributed by atoms with Crippen LogP contribution in [0.5, 0.6) is 0 Å². The Morgan fingerprint density at radius 1 is 1.04 bits per heavy atom. The van der Waals surface area contributed by atoms with E-state index in [0.29, 0.717) is 19.6 Å². The molecule has 1 N–H and O–H groups in total. The molecule has 26 heavy (non-hydrogen) atoms. The normalized spacial score (nSPS) is 19.0. The smallest absolute Gasteiger partial charge is 0.312 e. The van der Waals surface area contributed by atoms with E-state index in [9.17, 15) is 14.4 Å². The molecule has 2 aliphatic rings. The van der Waals surface area contributed by atoms with Crippen LogP contribution >= 0.6 is 0 Å². The van der Waals surface area contributed by atoms with Gasteiger partial charge in [0.25, 0.3) is 0 Å². The van der Waals surface area contributed by atoms with Crippen LogP contribution in [0.4, 0.5) is 0 Å². The third-order valence-electron chi connectivity index (χ3n) is 5.32. The number of hydrogen-bond acceptors (Lipinski definition) is 3. The van der Waals surface area contributed by atoms with Crippen LogP contribution in [0.15, 0.2) is 24.3 Å². The molecule has 0 spiro atoms. The third-order valence-corrected chi connectivity index (χ3v) is 5.32. The van der Waals surface area contributed by atoms with Crippen LogP contribution in [0.1, 0.15) is 43.2 Å². The van der Waals surface area contributed by atoms with Gasteiger partial charge in [-0.2, -0.15) is 0 Å². The van der Waals surface area contributed by atoms with Crippen LogP contribution in [0.25, 0.3) is 0 Å². The van der Waals surface area contributed by atoms with Gasteiger partial charge in [0.1, 0.15) is 6.54 Å². The number of aryl methyl sites for hydroxylation is 1. The molecule has 3 rings (SSSR count). The van der Waals surface area contributed by atoms with Gasteiger partial charge in [0.2, 0.25) is 5.91 Å². The first-order valence-corrected chi connectivity index (χ1v) is 9.46. The largest absolute Gasteiger partial charge is 0.352 e. The molecule has 0 atom stereocenters. The Balaban J connectivity index is 1.53. The van der Waals surface area contributed by atoms with E-state index in [1.165, 1.54) is 11.3 Å². The van der Waals surface area contributed by atoms with Crippen molar-refractivity contribution >= 4 is 17.7 Å². The van der Waals surface area contributed by atoms with Crippen molar-refractivity contribution in [3.63, 3.8) is 0 Å². The van der Waals surface area contributed by atoms with E-state index < -0.39 is 11.8 Å². The summed E-state index contributed by atoms with van der Waals surface area (Å²) >= 11 is 0. The first-order valence-electron chi connectivity index (χ1n) is 9.46. The number of piperazine rings is 1. The van der Waals surface area contributed by atoms with Crippen molar-refractivity contribution < 1.29 is 14.4 Å². The molecule has 0 radical (unpaired) electrons. The molecule has 1 aliphatic carbocycles. The van der Waals surface area contributed by atoms with E-state index in [1.54, 1.807) is 4.90 Å². The molecule has 3 amide bonds. The zero-order chi connectivity index (χ0) is 18.5. The van der Waals surface area contributed by atoms with Crippen LogP contribution in [0.3, 0.4) is 0 Å². The first kappa shape index (κ1) is 18.4. The number of rotatable bonds is 5. The fourth-order valence-corrected chi connectivity index (χ4v) is 3.70. The van der Waals surface area contributed by atoms with Gasteiger partial charge in [0.05, 0.1) is 0 Å². The molecule has 1 aliphatic heterocycles. The molecule has 6 heteroatoms. The van der Waals surface area contributed by atoms with Gasteiger partial charge in [-0.05, 0) is 30.9 Å². The van der Waals surface area contributed by atoms with E-state index in [0.717, 1.165) is 36.8 Å². The average molecular weight is 357 g/mol. The number of nitrogens with one attached hydrogen (secondary N) is 1. The molecular weight excluding hydrogens is 330 g/mol. The highest BCUT2D eigenvalue weighted by atomic mass is 16.2. The summed E-state index contributed by atoms with van der Waals surface area (Å²) in [7, 11) is 0. The van der Waals surface area contributed by atoms with Crippen molar-refractivity contribution in [2.75, 3.05) is 19.6 Å². The Labute approximate surface area is 154 Å². The van der Waals surface area contributed by atoms with Gasteiger partial charge in [-0.25, -0.2) is 0 Å². The fourth-order valence-electron chi connectivity index (χ4n) is 3.70. The highest BCUT2D eigenvalue weighted by Crippen LogP contribution is 2.17. The van der Waals surface area contributed by atoms with Crippen LogP contribution in [0.2, 0.25) is 0 Å². The second-order valence-corrected chi connectivity index (χ2v) is 7.28. The quantitative estimate of drug-likeness (QED) is 0.814. The lowest BCUT2D eigenvalue weighted by Crippen LogP contribution is -2.56. The van der Waals surface area contributed by atoms with Crippen molar-refractivity contribution in [3.8, 4) is 0 Å². The molecule has 140 valence electrons. The lowest BCUT2D eigenvalue weighted by Gasteiger charge is -2.34.